The number of nitrogen functional groups attached to an aromatic ring is 1. The van der Waals surface area contributed by atoms with E-state index in [0.717, 1.165) is 31.9 Å². The summed E-state index contributed by atoms with van der Waals surface area (Å²) >= 11 is 0. The fourth-order valence-electron chi connectivity index (χ4n) is 1.75. The number of likely N-dealkylation sites (N-methyl/N-ethyl adjacent to an activating group) is 1. The summed E-state index contributed by atoms with van der Waals surface area (Å²) in [5.41, 5.74) is 7.77. The van der Waals surface area contributed by atoms with E-state index in [-0.39, 0.29) is 0 Å². The molecule has 2 rings (SSSR count). The molecule has 0 aliphatic carbocycles. The molecule has 1 aromatic rings. The van der Waals surface area contributed by atoms with E-state index in [2.05, 4.69) is 29.0 Å². The van der Waals surface area contributed by atoms with Crippen LogP contribution < -0.4 is 10.6 Å². The van der Waals surface area contributed by atoms with Crippen molar-refractivity contribution in [2.24, 2.45) is 0 Å². The van der Waals surface area contributed by atoms with E-state index in [1.807, 2.05) is 12.1 Å². The van der Waals surface area contributed by atoms with Crippen LogP contribution in [0.4, 0.5) is 24.5 Å². The quantitative estimate of drug-likeness (QED) is 0.632. The van der Waals surface area contributed by atoms with Crippen LogP contribution in [0.2, 0.25) is 0 Å². The minimum Gasteiger partial charge on any atom is -0.399 e. The predicted octanol–water partition coefficient (Wildman–Crippen LogP) is 1.77. The van der Waals surface area contributed by atoms with Gasteiger partial charge in [0.05, 0.1) is 0 Å². The van der Waals surface area contributed by atoms with Crippen LogP contribution in [-0.2, 0) is 4.79 Å². The summed E-state index contributed by atoms with van der Waals surface area (Å²) in [6, 6.07) is 8.13. The normalized spacial score (nSPS) is 16.3. The number of alkyl halides is 3. The standard InChI is InChI=1S/C11H17N3.C2HF3O/c1-13-6-8-14(9-7-13)11-4-2-10(12)3-5-11;3-2(4,5)1-6/h2-5H,6-9,12H2,1H3;1H. The molecule has 1 saturated heterocycles. The number of carbonyl (C=O) groups is 1. The lowest BCUT2D eigenvalue weighted by molar-refractivity contribution is -0.156. The molecule has 0 unspecified atom stereocenters. The predicted molar refractivity (Wildman–Crippen MR) is 72.7 cm³/mol. The highest BCUT2D eigenvalue weighted by atomic mass is 19.4. The van der Waals surface area contributed by atoms with Crippen molar-refractivity contribution >= 4 is 17.7 Å². The monoisotopic (exact) mass is 289 g/mol. The molecule has 0 atom stereocenters. The van der Waals surface area contributed by atoms with Crippen LogP contribution in [0.1, 0.15) is 0 Å². The number of nitrogens with zero attached hydrogens (tertiary/aromatic N) is 2. The molecule has 0 spiro atoms. The highest BCUT2D eigenvalue weighted by molar-refractivity contribution is 5.56. The fourth-order valence-corrected chi connectivity index (χ4v) is 1.75. The molecule has 0 amide bonds. The molecule has 1 heterocycles. The number of piperazine rings is 1. The third-order valence-corrected chi connectivity index (χ3v) is 2.90. The van der Waals surface area contributed by atoms with Crippen molar-refractivity contribution in [3.05, 3.63) is 24.3 Å². The van der Waals surface area contributed by atoms with Gasteiger partial charge in [0.15, 0.2) is 0 Å². The molecule has 0 bridgehead atoms. The number of hydrogen-bond donors (Lipinski definition) is 1. The SMILES string of the molecule is CN1CCN(c2ccc(N)cc2)CC1.O=CC(F)(F)F. The number of anilines is 2. The van der Waals surface area contributed by atoms with E-state index in [1.165, 1.54) is 5.69 Å². The number of carbonyl (C=O) groups excluding carboxylic acids is 1. The number of benzene rings is 1. The first-order valence-corrected chi connectivity index (χ1v) is 6.14. The van der Waals surface area contributed by atoms with Gasteiger partial charge >= 0.3 is 6.18 Å². The highest BCUT2D eigenvalue weighted by Crippen LogP contribution is 2.17. The largest absolute Gasteiger partial charge is 0.446 e. The van der Waals surface area contributed by atoms with Gasteiger partial charge in [-0.15, -0.1) is 0 Å². The fraction of sp³-hybridized carbons (Fsp3) is 0.462. The second kappa shape index (κ2) is 7.14. The van der Waals surface area contributed by atoms with E-state index < -0.39 is 12.5 Å². The molecule has 1 aromatic carbocycles. The van der Waals surface area contributed by atoms with Crippen molar-refractivity contribution in [1.82, 2.24) is 4.90 Å². The van der Waals surface area contributed by atoms with Crippen molar-refractivity contribution < 1.29 is 18.0 Å². The van der Waals surface area contributed by atoms with E-state index in [9.17, 15) is 13.2 Å². The Bertz CT molecular complexity index is 412. The molecule has 1 fully saturated rings. The number of hydrogen-bond acceptors (Lipinski definition) is 4. The van der Waals surface area contributed by atoms with Crippen LogP contribution >= 0.6 is 0 Å². The zero-order chi connectivity index (χ0) is 15.2. The van der Waals surface area contributed by atoms with Gasteiger partial charge in [0.2, 0.25) is 6.29 Å². The summed E-state index contributed by atoms with van der Waals surface area (Å²) in [5, 5.41) is 0. The van der Waals surface area contributed by atoms with Crippen LogP contribution in [0.25, 0.3) is 0 Å². The van der Waals surface area contributed by atoms with Gasteiger partial charge in [-0.3, -0.25) is 4.79 Å². The summed E-state index contributed by atoms with van der Waals surface area (Å²) in [7, 11) is 2.17. The Morgan fingerprint density at radius 1 is 1.10 bits per heavy atom. The molecule has 4 nitrogen and oxygen atoms in total. The summed E-state index contributed by atoms with van der Waals surface area (Å²) < 4.78 is 31.2. The molecule has 112 valence electrons. The first kappa shape index (κ1) is 16.3. The zero-order valence-corrected chi connectivity index (χ0v) is 11.2. The molecular formula is C13H18F3N3O. The maximum Gasteiger partial charge on any atom is 0.446 e. The van der Waals surface area contributed by atoms with Gasteiger partial charge in [0.1, 0.15) is 0 Å². The summed E-state index contributed by atoms with van der Waals surface area (Å²) in [6.07, 6.45) is -5.70. The van der Waals surface area contributed by atoms with Crippen molar-refractivity contribution in [2.45, 2.75) is 6.18 Å². The topological polar surface area (TPSA) is 49.6 Å². The second-order valence-electron chi connectivity index (χ2n) is 4.54. The lowest BCUT2D eigenvalue weighted by atomic mass is 10.2. The first-order valence-electron chi connectivity index (χ1n) is 6.14. The minimum absolute atomic E-state index is 0.836. The summed E-state index contributed by atoms with van der Waals surface area (Å²) in [6.45, 7) is 4.51. The lowest BCUT2D eigenvalue weighted by Crippen LogP contribution is -2.44. The average molecular weight is 289 g/mol. The van der Waals surface area contributed by atoms with Gasteiger partial charge in [-0.05, 0) is 31.3 Å². The van der Waals surface area contributed by atoms with Crippen LogP contribution in [0.5, 0.6) is 0 Å². The number of nitrogens with two attached hydrogens (primary N) is 1. The smallest absolute Gasteiger partial charge is 0.399 e. The van der Waals surface area contributed by atoms with Gasteiger partial charge in [0.25, 0.3) is 0 Å². The van der Waals surface area contributed by atoms with Gasteiger partial charge < -0.3 is 15.5 Å². The highest BCUT2D eigenvalue weighted by Gasteiger charge is 2.24. The molecule has 2 N–H and O–H groups in total. The molecular weight excluding hydrogens is 271 g/mol. The van der Waals surface area contributed by atoms with E-state index in [4.69, 9.17) is 10.5 Å². The molecule has 0 radical (unpaired) electrons. The number of rotatable bonds is 1. The molecule has 1 aliphatic heterocycles. The Labute approximate surface area is 116 Å². The van der Waals surface area contributed by atoms with Crippen LogP contribution in [0.15, 0.2) is 24.3 Å². The Morgan fingerprint density at radius 2 is 1.55 bits per heavy atom. The Balaban J connectivity index is 0.000000286. The van der Waals surface area contributed by atoms with Crippen molar-refractivity contribution in [1.29, 1.82) is 0 Å². The molecule has 0 aromatic heterocycles. The minimum atomic E-state index is -4.64. The van der Waals surface area contributed by atoms with E-state index >= 15 is 0 Å². The summed E-state index contributed by atoms with van der Waals surface area (Å²) in [4.78, 5) is 13.5. The zero-order valence-electron chi connectivity index (χ0n) is 11.2. The molecule has 0 saturated carbocycles. The first-order chi connectivity index (χ1) is 9.31. The van der Waals surface area contributed by atoms with Crippen molar-refractivity contribution in [2.75, 3.05) is 43.9 Å². The van der Waals surface area contributed by atoms with Gasteiger partial charge in [-0.25, -0.2) is 0 Å². The Morgan fingerprint density at radius 3 is 1.95 bits per heavy atom. The number of aldehydes is 1. The maximum absolute atomic E-state index is 10.4. The van der Waals surface area contributed by atoms with E-state index in [0.29, 0.717) is 0 Å². The van der Waals surface area contributed by atoms with Crippen LogP contribution in [-0.4, -0.2) is 50.6 Å². The number of halogens is 3. The average Bonchev–Trinajstić information content (AvgIpc) is 2.41. The van der Waals surface area contributed by atoms with Crippen molar-refractivity contribution in [3.63, 3.8) is 0 Å². The lowest BCUT2D eigenvalue weighted by Gasteiger charge is -2.34. The maximum atomic E-state index is 10.4. The summed E-state index contributed by atoms with van der Waals surface area (Å²) in [5.74, 6) is 0. The molecule has 20 heavy (non-hydrogen) atoms. The Hall–Kier alpha value is -1.76. The van der Waals surface area contributed by atoms with Crippen molar-refractivity contribution in [3.8, 4) is 0 Å². The Kier molecular flexibility index (Phi) is 5.82. The van der Waals surface area contributed by atoms with Gasteiger partial charge in [-0.2, -0.15) is 13.2 Å². The molecule has 7 heteroatoms. The van der Waals surface area contributed by atoms with Crippen LogP contribution in [0.3, 0.4) is 0 Å². The van der Waals surface area contributed by atoms with Gasteiger partial charge in [0, 0.05) is 37.6 Å². The van der Waals surface area contributed by atoms with E-state index in [1.54, 1.807) is 0 Å². The third-order valence-electron chi connectivity index (χ3n) is 2.90. The van der Waals surface area contributed by atoms with Gasteiger partial charge in [-0.1, -0.05) is 0 Å². The molecule has 1 aliphatic rings. The third kappa shape index (κ3) is 5.92. The van der Waals surface area contributed by atoms with Crippen LogP contribution in [0, 0.1) is 0 Å². The second-order valence-corrected chi connectivity index (χ2v) is 4.54.